The van der Waals surface area contributed by atoms with Crippen molar-refractivity contribution in [1.82, 2.24) is 19.9 Å². The minimum Gasteiger partial charge on any atom is -0.199 e. The number of hydrogen-bond donors (Lipinski definition) is 0. The van der Waals surface area contributed by atoms with Crippen LogP contribution >= 0.6 is 0 Å². The zero-order valence-corrected chi connectivity index (χ0v) is 20.3. The summed E-state index contributed by atoms with van der Waals surface area (Å²) in [6.07, 6.45) is 0. The highest BCUT2D eigenvalue weighted by atomic mass is 19.1. The highest BCUT2D eigenvalue weighted by molar-refractivity contribution is 6.29. The zero-order valence-electron chi connectivity index (χ0n) is 20.3. The van der Waals surface area contributed by atoms with Crippen molar-refractivity contribution >= 4 is 33.4 Å². The third kappa shape index (κ3) is 3.91. The van der Waals surface area contributed by atoms with Crippen molar-refractivity contribution in [3.8, 4) is 36.4 Å². The Bertz CT molecular complexity index is 1970. The third-order valence-corrected chi connectivity index (χ3v) is 6.18. The van der Waals surface area contributed by atoms with E-state index in [-0.39, 0.29) is 55.7 Å². The monoisotopic (exact) mass is 556 g/mol. The van der Waals surface area contributed by atoms with Gasteiger partial charge in [-0.1, -0.05) is 0 Å². The van der Waals surface area contributed by atoms with E-state index in [1.54, 1.807) is 24.3 Å². The van der Waals surface area contributed by atoms with Crippen molar-refractivity contribution in [3.05, 3.63) is 93.1 Å². The van der Waals surface area contributed by atoms with E-state index in [1.807, 2.05) is 12.1 Å². The molecule has 0 radical (unpaired) electrons. The predicted octanol–water partition coefficient (Wildman–Crippen LogP) is 4.32. The molecule has 0 atom stereocenters. The summed E-state index contributed by atoms with van der Waals surface area (Å²) in [7, 11) is 0. The molecule has 0 saturated carbocycles. The summed E-state index contributed by atoms with van der Waals surface area (Å²) in [5.41, 5.74) is -3.37. The van der Waals surface area contributed by atoms with E-state index in [2.05, 4.69) is 19.9 Å². The Labute approximate surface area is 232 Å². The molecule has 194 valence electrons. The van der Waals surface area contributed by atoms with E-state index in [9.17, 15) is 49.1 Å². The van der Waals surface area contributed by atoms with E-state index < -0.39 is 46.6 Å². The highest BCUT2D eigenvalue weighted by Crippen LogP contribution is 2.53. The van der Waals surface area contributed by atoms with Gasteiger partial charge in [0.25, 0.3) is 0 Å². The van der Waals surface area contributed by atoms with Crippen LogP contribution < -0.4 is 0 Å². The second-order valence-electron chi connectivity index (χ2n) is 8.29. The summed E-state index contributed by atoms with van der Waals surface area (Å²) in [5, 5.41) is 59.0. The summed E-state index contributed by atoms with van der Waals surface area (Å²) < 4.78 is 56.3. The van der Waals surface area contributed by atoms with Gasteiger partial charge in [-0.3, -0.25) is 0 Å². The molecule has 42 heavy (non-hydrogen) atoms. The number of nitrogens with zero attached hydrogens (tertiary/aromatic N) is 10. The van der Waals surface area contributed by atoms with Gasteiger partial charge in [0.05, 0.1) is 11.1 Å². The van der Waals surface area contributed by atoms with Crippen LogP contribution in [0.25, 0.3) is 33.4 Å². The molecule has 1 aromatic carbocycles. The Hall–Kier alpha value is -7.00. The fourth-order valence-corrected chi connectivity index (χ4v) is 4.69. The van der Waals surface area contributed by atoms with Gasteiger partial charge in [0, 0.05) is 45.6 Å². The van der Waals surface area contributed by atoms with Crippen molar-refractivity contribution in [1.29, 1.82) is 31.6 Å². The van der Waals surface area contributed by atoms with Crippen molar-refractivity contribution in [2.75, 3.05) is 0 Å². The topological polar surface area (TPSA) is 194 Å². The molecule has 14 heteroatoms. The molecule has 0 spiro atoms. The van der Waals surface area contributed by atoms with Crippen molar-refractivity contribution in [2.24, 2.45) is 0 Å². The van der Waals surface area contributed by atoms with Gasteiger partial charge in [-0.25, -0.2) is 0 Å². The molecule has 10 nitrogen and oxygen atoms in total. The quantitative estimate of drug-likeness (QED) is 0.249. The lowest BCUT2D eigenvalue weighted by Crippen LogP contribution is -2.02. The van der Waals surface area contributed by atoms with E-state index in [4.69, 9.17) is 0 Å². The van der Waals surface area contributed by atoms with Gasteiger partial charge >= 0.3 is 0 Å². The number of rotatable bonds is 2. The van der Waals surface area contributed by atoms with Crippen LogP contribution in [-0.4, -0.2) is 19.9 Å². The highest BCUT2D eigenvalue weighted by Gasteiger charge is 2.39. The number of aromatic nitrogens is 4. The fourth-order valence-electron chi connectivity index (χ4n) is 4.69. The molecule has 0 N–H and O–H groups in total. The molecule has 2 heterocycles. The standard InChI is InChI=1S/C28H4F4N10/c29-19-3-20(30)40-27(39-19)25-17(9-37)13-1-15-14(2-16(13)24(25)12(7-35)8-36)18(10-38)26(23(15)11(5-33)6-34)28-41-21(31)4-22(32)42-28/h1-4H. The van der Waals surface area contributed by atoms with E-state index >= 15 is 0 Å². The van der Waals surface area contributed by atoms with Gasteiger partial charge < -0.3 is 0 Å². The number of nitriles is 6. The maximum absolute atomic E-state index is 14.1. The lowest BCUT2D eigenvalue weighted by molar-refractivity contribution is 0.521. The molecule has 0 amide bonds. The van der Waals surface area contributed by atoms with Crippen molar-refractivity contribution < 1.29 is 17.6 Å². The average molecular weight is 556 g/mol. The molecular weight excluding hydrogens is 552 g/mol. The van der Waals surface area contributed by atoms with Crippen LogP contribution in [0, 0.1) is 91.8 Å². The summed E-state index contributed by atoms with van der Waals surface area (Å²) in [6, 6.07) is 13.5. The molecule has 2 aliphatic rings. The van der Waals surface area contributed by atoms with Crippen LogP contribution in [0.3, 0.4) is 0 Å². The summed E-state index contributed by atoms with van der Waals surface area (Å²) in [4.78, 5) is 14.1. The lowest BCUT2D eigenvalue weighted by Gasteiger charge is -2.10. The predicted molar refractivity (Wildman–Crippen MR) is 131 cm³/mol. The minimum atomic E-state index is -1.31. The fraction of sp³-hybridized carbons (Fsp3) is 0. The SMILES string of the molecule is N#CC(C#N)=C1C(c2nc(F)cc(F)n2)=C(C#N)c2cc3c(cc21)C(C#N)=C(c1nc(F)cc(F)n1)C3=C(C#N)C#N. The largest absolute Gasteiger partial charge is 0.219 e. The molecular formula is C28H4F4N10. The van der Waals surface area contributed by atoms with Gasteiger partial charge in [0.2, 0.25) is 23.8 Å². The molecule has 0 fully saturated rings. The summed E-state index contributed by atoms with van der Waals surface area (Å²) in [6.45, 7) is 0. The molecule has 0 saturated heterocycles. The normalized spacial score (nSPS) is 12.8. The molecule has 5 rings (SSSR count). The Balaban J connectivity index is 1.95. The van der Waals surface area contributed by atoms with Crippen LogP contribution in [0.5, 0.6) is 0 Å². The zero-order chi connectivity index (χ0) is 30.3. The van der Waals surface area contributed by atoms with Gasteiger partial charge in [-0.2, -0.15) is 69.1 Å². The number of allylic oxidation sites excluding steroid dienone is 8. The first-order valence-corrected chi connectivity index (χ1v) is 11.2. The Kier molecular flexibility index (Phi) is 6.30. The van der Waals surface area contributed by atoms with E-state index in [0.29, 0.717) is 12.1 Å². The molecule has 0 bridgehead atoms. The van der Waals surface area contributed by atoms with Crippen LogP contribution in [0.4, 0.5) is 17.6 Å². The Morgan fingerprint density at radius 3 is 1.05 bits per heavy atom. The number of halogens is 4. The number of hydrogen-bond acceptors (Lipinski definition) is 10. The van der Waals surface area contributed by atoms with Gasteiger partial charge in [0.15, 0.2) is 11.6 Å². The first kappa shape index (κ1) is 26.6. The minimum absolute atomic E-state index is 0.0400. The van der Waals surface area contributed by atoms with Crippen LogP contribution in [-0.2, 0) is 0 Å². The summed E-state index contributed by atoms with van der Waals surface area (Å²) >= 11 is 0. The molecule has 3 aromatic rings. The molecule has 0 unspecified atom stereocenters. The van der Waals surface area contributed by atoms with Crippen molar-refractivity contribution in [3.63, 3.8) is 0 Å². The molecule has 2 aliphatic carbocycles. The van der Waals surface area contributed by atoms with Crippen LogP contribution in [0.1, 0.15) is 33.9 Å². The smallest absolute Gasteiger partial charge is 0.199 e. The maximum Gasteiger partial charge on any atom is 0.219 e. The first-order valence-electron chi connectivity index (χ1n) is 11.2. The van der Waals surface area contributed by atoms with Crippen LogP contribution in [0.2, 0.25) is 0 Å². The van der Waals surface area contributed by atoms with Crippen molar-refractivity contribution in [2.45, 2.75) is 0 Å². The van der Waals surface area contributed by atoms with Gasteiger partial charge in [0.1, 0.15) is 47.6 Å². The maximum atomic E-state index is 14.1. The second-order valence-corrected chi connectivity index (χ2v) is 8.29. The second kappa shape index (κ2) is 9.95. The van der Waals surface area contributed by atoms with Gasteiger partial charge in [-0.05, 0) is 23.3 Å². The third-order valence-electron chi connectivity index (χ3n) is 6.18. The van der Waals surface area contributed by atoms with Crippen LogP contribution in [0.15, 0.2) is 35.4 Å². The van der Waals surface area contributed by atoms with E-state index in [1.165, 1.54) is 12.1 Å². The molecule has 0 aliphatic heterocycles. The molecule has 2 aromatic heterocycles. The number of fused-ring (bicyclic) bond motifs is 2. The van der Waals surface area contributed by atoms with Gasteiger partial charge in [-0.15, -0.1) is 0 Å². The first-order chi connectivity index (χ1) is 20.2. The number of benzene rings is 1. The van der Waals surface area contributed by atoms with E-state index in [0.717, 1.165) is 0 Å². The Morgan fingerprint density at radius 2 is 0.786 bits per heavy atom. The lowest BCUT2D eigenvalue weighted by atomic mass is 9.91. The average Bonchev–Trinajstić information content (AvgIpc) is 3.44. The Morgan fingerprint density at radius 1 is 0.476 bits per heavy atom. The summed E-state index contributed by atoms with van der Waals surface area (Å²) in [5.74, 6) is -6.57.